The molecule has 1 aromatic carbocycles. The minimum Gasteiger partial charge on any atom is -0.492 e. The van der Waals surface area contributed by atoms with E-state index in [1.807, 2.05) is 31.2 Å². The summed E-state index contributed by atoms with van der Waals surface area (Å²) in [4.78, 5) is 12.0. The second-order valence-electron chi connectivity index (χ2n) is 5.19. The molecule has 5 heteroatoms. The third-order valence-electron chi connectivity index (χ3n) is 3.48. The molecule has 5 nitrogen and oxygen atoms in total. The summed E-state index contributed by atoms with van der Waals surface area (Å²) in [6.45, 7) is 3.99. The number of aryl methyl sites for hydroxylation is 1. The summed E-state index contributed by atoms with van der Waals surface area (Å²) >= 11 is 0. The molecule has 0 unspecified atom stereocenters. The average Bonchev–Trinajstić information content (AvgIpc) is 2.44. The van der Waals surface area contributed by atoms with Crippen LogP contribution in [0.3, 0.4) is 0 Å². The van der Waals surface area contributed by atoms with Crippen molar-refractivity contribution in [2.24, 2.45) is 5.73 Å². The zero-order chi connectivity index (χ0) is 14.4. The van der Waals surface area contributed by atoms with E-state index in [4.69, 9.17) is 15.2 Å². The van der Waals surface area contributed by atoms with Gasteiger partial charge in [-0.15, -0.1) is 0 Å². The molecular weight excluding hydrogens is 256 g/mol. The fourth-order valence-corrected chi connectivity index (χ4v) is 2.18. The van der Waals surface area contributed by atoms with E-state index in [9.17, 15) is 4.79 Å². The molecular formula is C15H22N2O3. The van der Waals surface area contributed by atoms with E-state index in [-0.39, 0.29) is 5.91 Å². The van der Waals surface area contributed by atoms with Crippen molar-refractivity contribution < 1.29 is 14.3 Å². The van der Waals surface area contributed by atoms with Gasteiger partial charge in [0.25, 0.3) is 0 Å². The minimum atomic E-state index is -0.790. The van der Waals surface area contributed by atoms with Gasteiger partial charge in [-0.05, 0) is 37.5 Å². The molecule has 20 heavy (non-hydrogen) atoms. The Bertz CT molecular complexity index is 456. The summed E-state index contributed by atoms with van der Waals surface area (Å²) < 4.78 is 10.8. The van der Waals surface area contributed by atoms with Crippen LogP contribution in [0, 0.1) is 6.92 Å². The SMILES string of the molecule is Cc1cccc(OCCNC(=O)C2(N)CCOCC2)c1. The van der Waals surface area contributed by atoms with Crippen molar-refractivity contribution >= 4 is 5.91 Å². The van der Waals surface area contributed by atoms with Gasteiger partial charge in [0.1, 0.15) is 12.4 Å². The lowest BCUT2D eigenvalue weighted by atomic mass is 9.90. The Morgan fingerprint density at radius 3 is 2.90 bits per heavy atom. The first kappa shape index (κ1) is 14.8. The maximum absolute atomic E-state index is 12.0. The van der Waals surface area contributed by atoms with Gasteiger partial charge >= 0.3 is 0 Å². The van der Waals surface area contributed by atoms with E-state index < -0.39 is 5.54 Å². The topological polar surface area (TPSA) is 73.6 Å². The van der Waals surface area contributed by atoms with Crippen molar-refractivity contribution in [2.45, 2.75) is 25.3 Å². The number of nitrogens with two attached hydrogens (primary N) is 1. The van der Waals surface area contributed by atoms with E-state index >= 15 is 0 Å². The number of benzene rings is 1. The minimum absolute atomic E-state index is 0.117. The quantitative estimate of drug-likeness (QED) is 0.788. The lowest BCUT2D eigenvalue weighted by molar-refractivity contribution is -0.129. The van der Waals surface area contributed by atoms with Crippen molar-refractivity contribution in [3.8, 4) is 5.75 Å². The normalized spacial score (nSPS) is 17.5. The summed E-state index contributed by atoms with van der Waals surface area (Å²) in [6.07, 6.45) is 1.13. The number of rotatable bonds is 5. The molecule has 1 aromatic rings. The van der Waals surface area contributed by atoms with Crippen LogP contribution in [0.25, 0.3) is 0 Å². The van der Waals surface area contributed by atoms with Gasteiger partial charge in [0, 0.05) is 13.2 Å². The zero-order valence-electron chi connectivity index (χ0n) is 11.9. The molecule has 0 spiro atoms. The number of nitrogens with one attached hydrogen (secondary N) is 1. The Labute approximate surface area is 119 Å². The van der Waals surface area contributed by atoms with Crippen molar-refractivity contribution in [1.82, 2.24) is 5.32 Å². The highest BCUT2D eigenvalue weighted by molar-refractivity contribution is 5.86. The number of ether oxygens (including phenoxy) is 2. The largest absolute Gasteiger partial charge is 0.492 e. The Morgan fingerprint density at radius 1 is 1.45 bits per heavy atom. The maximum atomic E-state index is 12.0. The Kier molecular flexibility index (Phi) is 4.98. The molecule has 0 aliphatic carbocycles. The van der Waals surface area contributed by atoms with Gasteiger partial charge in [0.15, 0.2) is 0 Å². The number of carbonyl (C=O) groups excluding carboxylic acids is 1. The fourth-order valence-electron chi connectivity index (χ4n) is 2.18. The average molecular weight is 278 g/mol. The van der Waals surface area contributed by atoms with Gasteiger partial charge in [0.05, 0.1) is 12.1 Å². The third-order valence-corrected chi connectivity index (χ3v) is 3.48. The molecule has 1 aliphatic rings. The second-order valence-corrected chi connectivity index (χ2v) is 5.19. The number of amides is 1. The van der Waals surface area contributed by atoms with E-state index in [1.165, 1.54) is 0 Å². The van der Waals surface area contributed by atoms with Crippen LogP contribution in [0.5, 0.6) is 5.75 Å². The molecule has 1 saturated heterocycles. The molecule has 0 atom stereocenters. The third kappa shape index (κ3) is 3.95. The predicted molar refractivity (Wildman–Crippen MR) is 76.7 cm³/mol. The van der Waals surface area contributed by atoms with Crippen molar-refractivity contribution in [3.05, 3.63) is 29.8 Å². The van der Waals surface area contributed by atoms with Crippen LogP contribution in [0.2, 0.25) is 0 Å². The summed E-state index contributed by atoms with van der Waals surface area (Å²) in [5.74, 6) is 0.696. The Balaban J connectivity index is 1.71. The molecule has 3 N–H and O–H groups in total. The van der Waals surface area contributed by atoms with Crippen molar-refractivity contribution in [2.75, 3.05) is 26.4 Å². The van der Waals surface area contributed by atoms with Crippen LogP contribution < -0.4 is 15.8 Å². The van der Waals surface area contributed by atoms with Gasteiger partial charge in [-0.2, -0.15) is 0 Å². The van der Waals surface area contributed by atoms with Crippen molar-refractivity contribution in [3.63, 3.8) is 0 Å². The molecule has 0 bridgehead atoms. The monoisotopic (exact) mass is 278 g/mol. The van der Waals surface area contributed by atoms with E-state index in [0.29, 0.717) is 39.2 Å². The highest BCUT2D eigenvalue weighted by Crippen LogP contribution is 2.17. The smallest absolute Gasteiger partial charge is 0.240 e. The first-order chi connectivity index (χ1) is 9.60. The second kappa shape index (κ2) is 6.72. The highest BCUT2D eigenvalue weighted by atomic mass is 16.5. The fraction of sp³-hybridized carbons (Fsp3) is 0.533. The molecule has 110 valence electrons. The molecule has 1 amide bonds. The van der Waals surface area contributed by atoms with Gasteiger partial charge in [0.2, 0.25) is 5.91 Å². The summed E-state index contributed by atoms with van der Waals surface area (Å²) in [6, 6.07) is 7.82. The first-order valence-electron chi connectivity index (χ1n) is 6.94. The summed E-state index contributed by atoms with van der Waals surface area (Å²) in [5.41, 5.74) is 6.44. The maximum Gasteiger partial charge on any atom is 0.240 e. The molecule has 0 saturated carbocycles. The van der Waals surface area contributed by atoms with Crippen LogP contribution in [-0.4, -0.2) is 37.8 Å². The molecule has 0 radical (unpaired) electrons. The number of carbonyl (C=O) groups is 1. The standard InChI is InChI=1S/C15H22N2O3/c1-12-3-2-4-13(11-12)20-10-7-17-14(18)15(16)5-8-19-9-6-15/h2-4,11H,5-10,16H2,1H3,(H,17,18). The zero-order valence-corrected chi connectivity index (χ0v) is 11.9. The molecule has 1 aliphatic heterocycles. The first-order valence-corrected chi connectivity index (χ1v) is 6.94. The number of hydrogen-bond acceptors (Lipinski definition) is 4. The predicted octanol–water partition coefficient (Wildman–Crippen LogP) is 0.998. The van der Waals surface area contributed by atoms with Gasteiger partial charge in [-0.3, -0.25) is 4.79 Å². The van der Waals surface area contributed by atoms with Crippen LogP contribution in [0.15, 0.2) is 24.3 Å². The molecule has 1 fully saturated rings. The van der Waals surface area contributed by atoms with Crippen molar-refractivity contribution in [1.29, 1.82) is 0 Å². The Morgan fingerprint density at radius 2 is 2.20 bits per heavy atom. The van der Waals surface area contributed by atoms with Crippen LogP contribution in [0.1, 0.15) is 18.4 Å². The summed E-state index contributed by atoms with van der Waals surface area (Å²) in [7, 11) is 0. The lowest BCUT2D eigenvalue weighted by Crippen LogP contribution is -2.57. The Hall–Kier alpha value is -1.59. The highest BCUT2D eigenvalue weighted by Gasteiger charge is 2.35. The molecule has 1 heterocycles. The van der Waals surface area contributed by atoms with Gasteiger partial charge < -0.3 is 20.5 Å². The molecule has 0 aromatic heterocycles. The van der Waals surface area contributed by atoms with Crippen LogP contribution in [-0.2, 0) is 9.53 Å². The lowest BCUT2D eigenvalue weighted by Gasteiger charge is -2.31. The molecule has 2 rings (SSSR count). The number of hydrogen-bond donors (Lipinski definition) is 2. The van der Waals surface area contributed by atoms with Crippen LogP contribution >= 0.6 is 0 Å². The van der Waals surface area contributed by atoms with Crippen LogP contribution in [0.4, 0.5) is 0 Å². The van der Waals surface area contributed by atoms with E-state index in [0.717, 1.165) is 11.3 Å². The van der Waals surface area contributed by atoms with E-state index in [2.05, 4.69) is 5.32 Å². The summed E-state index contributed by atoms with van der Waals surface area (Å²) in [5, 5.41) is 2.83. The van der Waals surface area contributed by atoms with E-state index in [1.54, 1.807) is 0 Å². The van der Waals surface area contributed by atoms with Gasteiger partial charge in [-0.25, -0.2) is 0 Å². The van der Waals surface area contributed by atoms with Gasteiger partial charge in [-0.1, -0.05) is 12.1 Å².